The van der Waals surface area contributed by atoms with Gasteiger partial charge in [0.15, 0.2) is 0 Å². The van der Waals surface area contributed by atoms with Crippen LogP contribution in [0.25, 0.3) is 0 Å². The molecule has 2 N–H and O–H groups in total. The highest BCUT2D eigenvalue weighted by molar-refractivity contribution is 5.46. The number of hydrogen-bond acceptors (Lipinski definition) is 3. The fourth-order valence-electron chi connectivity index (χ4n) is 2.43. The summed E-state index contributed by atoms with van der Waals surface area (Å²) in [7, 11) is 0. The topological polar surface area (TPSA) is 49.9 Å². The zero-order valence-corrected chi connectivity index (χ0v) is 10.9. The molecular weight excluding hydrogens is 238 g/mol. The lowest BCUT2D eigenvalue weighted by atomic mass is 10.2. The van der Waals surface area contributed by atoms with E-state index >= 15 is 0 Å². The number of nitrogens with one attached hydrogen (secondary N) is 2. The number of hydrogen-bond donors (Lipinski definition) is 2. The molecule has 1 saturated carbocycles. The molecule has 0 atom stereocenters. The maximum atomic E-state index is 5.93. The quantitative estimate of drug-likeness (QED) is 0.863. The van der Waals surface area contributed by atoms with Crippen molar-refractivity contribution in [1.82, 2.24) is 9.97 Å². The Morgan fingerprint density at radius 1 is 1.21 bits per heavy atom. The summed E-state index contributed by atoms with van der Waals surface area (Å²) in [6.45, 7) is 0.704. The first-order valence-electron chi connectivity index (χ1n) is 6.89. The Labute approximate surface area is 113 Å². The second kappa shape index (κ2) is 5.78. The Morgan fingerprint density at radius 3 is 2.68 bits per heavy atom. The zero-order valence-electron chi connectivity index (χ0n) is 10.9. The van der Waals surface area contributed by atoms with Gasteiger partial charge in [-0.15, -0.1) is 0 Å². The Morgan fingerprint density at radius 2 is 2.00 bits per heavy atom. The molecule has 100 valence electrons. The highest BCUT2D eigenvalue weighted by Gasteiger charge is 2.16. The minimum absolute atomic E-state index is 0.418. The first-order valence-corrected chi connectivity index (χ1v) is 6.89. The summed E-state index contributed by atoms with van der Waals surface area (Å²) in [6, 6.07) is 8.16. The molecule has 3 rings (SSSR count). The van der Waals surface area contributed by atoms with Crippen molar-refractivity contribution in [3.63, 3.8) is 0 Å². The summed E-state index contributed by atoms with van der Waals surface area (Å²) in [5.74, 6) is 1.90. The Kier molecular flexibility index (Phi) is 3.68. The Hall–Kier alpha value is -1.97. The molecule has 19 heavy (non-hydrogen) atoms. The lowest BCUT2D eigenvalue weighted by Crippen LogP contribution is -2.10. The van der Waals surface area contributed by atoms with Crippen LogP contribution in [0.4, 0.5) is 5.69 Å². The van der Waals surface area contributed by atoms with E-state index in [0.29, 0.717) is 12.6 Å². The van der Waals surface area contributed by atoms with Gasteiger partial charge in [-0.25, -0.2) is 4.98 Å². The number of aromatic amines is 1. The Bertz CT molecular complexity index is 487. The minimum atomic E-state index is 0.418. The van der Waals surface area contributed by atoms with Gasteiger partial charge in [0.05, 0.1) is 12.6 Å². The normalized spacial score (nSPS) is 15.6. The molecule has 0 spiro atoms. The van der Waals surface area contributed by atoms with Crippen molar-refractivity contribution in [2.75, 3.05) is 5.32 Å². The summed E-state index contributed by atoms with van der Waals surface area (Å²) in [5.41, 5.74) is 1.08. The second-order valence-electron chi connectivity index (χ2n) is 4.94. The fraction of sp³-hybridized carbons (Fsp3) is 0.400. The van der Waals surface area contributed by atoms with E-state index in [4.69, 9.17) is 4.74 Å². The van der Waals surface area contributed by atoms with E-state index in [9.17, 15) is 0 Å². The van der Waals surface area contributed by atoms with Crippen molar-refractivity contribution < 1.29 is 4.74 Å². The average molecular weight is 257 g/mol. The smallest absolute Gasteiger partial charge is 0.125 e. The Balaban J connectivity index is 1.53. The SMILES string of the molecule is c1c[nH]c(CNc2ccc(OC3CCCC3)cc2)n1. The van der Waals surface area contributed by atoms with Crippen LogP contribution in [0.15, 0.2) is 36.7 Å². The molecule has 4 nitrogen and oxygen atoms in total. The number of nitrogens with zero attached hydrogens (tertiary/aromatic N) is 1. The summed E-state index contributed by atoms with van der Waals surface area (Å²) in [6.07, 6.45) is 8.99. The monoisotopic (exact) mass is 257 g/mol. The minimum Gasteiger partial charge on any atom is -0.490 e. The average Bonchev–Trinajstić information content (AvgIpc) is 3.11. The number of anilines is 1. The van der Waals surface area contributed by atoms with Crippen molar-refractivity contribution in [3.05, 3.63) is 42.5 Å². The van der Waals surface area contributed by atoms with Crippen LogP contribution < -0.4 is 10.1 Å². The van der Waals surface area contributed by atoms with Crippen molar-refractivity contribution in [2.45, 2.75) is 38.3 Å². The van der Waals surface area contributed by atoms with Crippen LogP contribution in [-0.2, 0) is 6.54 Å². The standard InChI is InChI=1S/C15H19N3O/c1-2-4-13(3-1)19-14-7-5-12(6-8-14)18-11-15-16-9-10-17-15/h5-10,13,18H,1-4,11H2,(H,16,17). The molecule has 4 heteroatoms. The highest BCUT2D eigenvalue weighted by Crippen LogP contribution is 2.25. The molecule has 1 aromatic carbocycles. The largest absolute Gasteiger partial charge is 0.490 e. The molecule has 1 fully saturated rings. The first-order chi connectivity index (χ1) is 9.40. The first kappa shape index (κ1) is 12.1. The van der Waals surface area contributed by atoms with E-state index in [-0.39, 0.29) is 0 Å². The number of aromatic nitrogens is 2. The van der Waals surface area contributed by atoms with Crippen LogP contribution in [0, 0.1) is 0 Å². The van der Waals surface area contributed by atoms with Crippen molar-refractivity contribution in [2.24, 2.45) is 0 Å². The number of rotatable bonds is 5. The second-order valence-corrected chi connectivity index (χ2v) is 4.94. The van der Waals surface area contributed by atoms with Crippen LogP contribution >= 0.6 is 0 Å². The van der Waals surface area contributed by atoms with Gasteiger partial charge in [-0.1, -0.05) is 0 Å². The number of imidazole rings is 1. The van der Waals surface area contributed by atoms with Gasteiger partial charge in [-0.2, -0.15) is 0 Å². The van der Waals surface area contributed by atoms with Gasteiger partial charge in [0.1, 0.15) is 11.6 Å². The van der Waals surface area contributed by atoms with Gasteiger partial charge in [0.25, 0.3) is 0 Å². The van der Waals surface area contributed by atoms with Gasteiger partial charge in [-0.05, 0) is 49.9 Å². The molecule has 2 aromatic rings. The lowest BCUT2D eigenvalue weighted by molar-refractivity contribution is 0.210. The van der Waals surface area contributed by atoms with Gasteiger partial charge in [0.2, 0.25) is 0 Å². The van der Waals surface area contributed by atoms with Crippen molar-refractivity contribution in [1.29, 1.82) is 0 Å². The van der Waals surface area contributed by atoms with Crippen LogP contribution in [0.3, 0.4) is 0 Å². The lowest BCUT2D eigenvalue weighted by Gasteiger charge is -2.13. The van der Waals surface area contributed by atoms with Crippen LogP contribution in [0.1, 0.15) is 31.5 Å². The summed E-state index contributed by atoms with van der Waals surface area (Å²) >= 11 is 0. The molecule has 0 bridgehead atoms. The van der Waals surface area contributed by atoms with Gasteiger partial charge < -0.3 is 15.0 Å². The predicted molar refractivity (Wildman–Crippen MR) is 75.2 cm³/mol. The summed E-state index contributed by atoms with van der Waals surface area (Å²) < 4.78 is 5.93. The van der Waals surface area contributed by atoms with E-state index in [1.807, 2.05) is 30.5 Å². The molecule has 1 aromatic heterocycles. The third kappa shape index (κ3) is 3.28. The van der Waals surface area contributed by atoms with Gasteiger partial charge >= 0.3 is 0 Å². The molecular formula is C15H19N3O. The maximum absolute atomic E-state index is 5.93. The maximum Gasteiger partial charge on any atom is 0.125 e. The van der Waals surface area contributed by atoms with E-state index in [1.54, 1.807) is 6.20 Å². The molecule has 1 heterocycles. The van der Waals surface area contributed by atoms with E-state index in [2.05, 4.69) is 15.3 Å². The van der Waals surface area contributed by atoms with Crippen molar-refractivity contribution >= 4 is 5.69 Å². The van der Waals surface area contributed by atoms with Gasteiger partial charge in [-0.3, -0.25) is 0 Å². The summed E-state index contributed by atoms with van der Waals surface area (Å²) in [5, 5.41) is 3.32. The van der Waals surface area contributed by atoms with Gasteiger partial charge in [0, 0.05) is 18.1 Å². The summed E-state index contributed by atoms with van der Waals surface area (Å²) in [4.78, 5) is 7.24. The van der Waals surface area contributed by atoms with Crippen LogP contribution in [0.2, 0.25) is 0 Å². The highest BCUT2D eigenvalue weighted by atomic mass is 16.5. The molecule has 0 aliphatic heterocycles. The van der Waals surface area contributed by atoms with E-state index in [0.717, 1.165) is 17.3 Å². The zero-order chi connectivity index (χ0) is 12.9. The van der Waals surface area contributed by atoms with Crippen molar-refractivity contribution in [3.8, 4) is 5.75 Å². The number of benzene rings is 1. The van der Waals surface area contributed by atoms with E-state index in [1.165, 1.54) is 25.7 Å². The van der Waals surface area contributed by atoms with E-state index < -0.39 is 0 Å². The number of H-pyrrole nitrogens is 1. The molecule has 0 unspecified atom stereocenters. The molecule has 1 aliphatic carbocycles. The molecule has 0 radical (unpaired) electrons. The van der Waals surface area contributed by atoms with Crippen LogP contribution in [-0.4, -0.2) is 16.1 Å². The number of ether oxygens (including phenoxy) is 1. The van der Waals surface area contributed by atoms with Crippen LogP contribution in [0.5, 0.6) is 5.75 Å². The molecule has 0 saturated heterocycles. The molecule has 0 amide bonds. The fourth-order valence-corrected chi connectivity index (χ4v) is 2.43. The third-order valence-electron chi connectivity index (χ3n) is 3.47. The predicted octanol–water partition coefficient (Wildman–Crippen LogP) is 3.34. The molecule has 1 aliphatic rings. The third-order valence-corrected chi connectivity index (χ3v) is 3.47.